The van der Waals surface area contributed by atoms with Crippen molar-refractivity contribution >= 4 is 23.9 Å². The zero-order valence-corrected chi connectivity index (χ0v) is 28.5. The molecule has 1 aliphatic heterocycles. The van der Waals surface area contributed by atoms with Crippen LogP contribution in [0.4, 0.5) is 0 Å². The van der Waals surface area contributed by atoms with Crippen molar-refractivity contribution in [3.63, 3.8) is 0 Å². The molecule has 1 aliphatic rings. The van der Waals surface area contributed by atoms with Gasteiger partial charge in [0.15, 0.2) is 0 Å². The first kappa shape index (κ1) is 40.8. The molecule has 0 amide bonds. The van der Waals surface area contributed by atoms with Gasteiger partial charge >= 0.3 is 23.9 Å². The van der Waals surface area contributed by atoms with Gasteiger partial charge in [-0.25, -0.2) is 9.59 Å². The van der Waals surface area contributed by atoms with Crippen molar-refractivity contribution in [3.8, 4) is 0 Å². The third kappa shape index (κ3) is 16.4. The molecule has 46 heavy (non-hydrogen) atoms. The Morgan fingerprint density at radius 3 is 1.80 bits per heavy atom. The zero-order valence-electron chi connectivity index (χ0n) is 28.5. The van der Waals surface area contributed by atoms with E-state index in [2.05, 4.69) is 13.8 Å². The molecule has 0 aromatic carbocycles. The monoisotopic (exact) mass is 648 g/mol. The topological polar surface area (TPSA) is 168 Å². The van der Waals surface area contributed by atoms with Gasteiger partial charge in [0.2, 0.25) is 0 Å². The molecular formula is C36H56O10. The molecule has 0 radical (unpaired) electrons. The molecule has 0 aliphatic carbocycles. The highest BCUT2D eigenvalue weighted by Gasteiger charge is 2.41. The number of carboxylic acid groups (broad SMARTS) is 2. The molecule has 1 heterocycles. The van der Waals surface area contributed by atoms with Crippen molar-refractivity contribution in [2.75, 3.05) is 13.2 Å². The lowest BCUT2D eigenvalue weighted by molar-refractivity contribution is -0.189. The Morgan fingerprint density at radius 1 is 0.804 bits per heavy atom. The number of aliphatic carboxylic acids is 2. The summed E-state index contributed by atoms with van der Waals surface area (Å²) >= 11 is 0. The highest BCUT2D eigenvalue weighted by Crippen LogP contribution is 2.28. The van der Waals surface area contributed by atoms with Gasteiger partial charge in [0.05, 0.1) is 13.2 Å². The summed E-state index contributed by atoms with van der Waals surface area (Å²) in [5.74, 6) is -4.00. The normalized spacial score (nSPS) is 20.3. The summed E-state index contributed by atoms with van der Waals surface area (Å²) in [6.07, 6.45) is 13.1. The number of carbonyl (C=O) groups excluding carboxylic acids is 2. The second-order valence-electron chi connectivity index (χ2n) is 13.2. The van der Waals surface area contributed by atoms with E-state index in [9.17, 15) is 34.5 Å². The Hall–Kier alpha value is -3.24. The van der Waals surface area contributed by atoms with Crippen LogP contribution >= 0.6 is 0 Å². The third-order valence-corrected chi connectivity index (χ3v) is 8.30. The molecule has 4 N–H and O–H groups in total. The number of hydrogen-bond donors (Lipinski definition) is 4. The van der Waals surface area contributed by atoms with Gasteiger partial charge < -0.3 is 29.9 Å². The summed E-state index contributed by atoms with van der Waals surface area (Å²) in [4.78, 5) is 46.6. The van der Waals surface area contributed by atoms with E-state index >= 15 is 0 Å². The number of ether oxygens (including phenoxy) is 2. The maximum atomic E-state index is 12.8. The highest BCUT2D eigenvalue weighted by molar-refractivity contribution is 5.84. The summed E-state index contributed by atoms with van der Waals surface area (Å²) in [7, 11) is 0. The molecule has 0 unspecified atom stereocenters. The molecule has 0 spiro atoms. The van der Waals surface area contributed by atoms with Crippen LogP contribution in [0.1, 0.15) is 106 Å². The van der Waals surface area contributed by atoms with Crippen LogP contribution in [0.25, 0.3) is 0 Å². The van der Waals surface area contributed by atoms with Crippen LogP contribution in [-0.2, 0) is 28.7 Å². The molecule has 1 fully saturated rings. The summed E-state index contributed by atoms with van der Waals surface area (Å²) in [5.41, 5.74) is 3.55. The lowest BCUT2D eigenvalue weighted by Gasteiger charge is -2.33. The maximum absolute atomic E-state index is 12.8. The maximum Gasteiger partial charge on any atom is 0.331 e. The van der Waals surface area contributed by atoms with Gasteiger partial charge in [-0.2, -0.15) is 0 Å². The van der Waals surface area contributed by atoms with Gasteiger partial charge in [0, 0.05) is 12.2 Å². The minimum atomic E-state index is -1.22. The van der Waals surface area contributed by atoms with Gasteiger partial charge in [0.25, 0.3) is 0 Å². The number of cyclic esters (lactones) is 1. The number of aliphatic hydroxyl groups is 2. The van der Waals surface area contributed by atoms with E-state index in [0.717, 1.165) is 62.5 Å². The second-order valence-corrected chi connectivity index (χ2v) is 13.2. The quantitative estimate of drug-likeness (QED) is 0.0435. The van der Waals surface area contributed by atoms with Crippen LogP contribution in [0.5, 0.6) is 0 Å². The molecule has 0 aromatic heterocycles. The van der Waals surface area contributed by atoms with Gasteiger partial charge in [0.1, 0.15) is 24.0 Å². The fourth-order valence-electron chi connectivity index (χ4n) is 6.07. The summed E-state index contributed by atoms with van der Waals surface area (Å²) < 4.78 is 10.7. The van der Waals surface area contributed by atoms with E-state index in [0.29, 0.717) is 35.8 Å². The van der Waals surface area contributed by atoms with Crippen LogP contribution in [0, 0.1) is 23.7 Å². The average Bonchev–Trinajstić information content (AvgIpc) is 2.91. The summed E-state index contributed by atoms with van der Waals surface area (Å²) in [6, 6.07) is 0. The molecule has 0 aromatic rings. The van der Waals surface area contributed by atoms with Crippen molar-refractivity contribution in [1.82, 2.24) is 0 Å². The number of esters is 2. The Morgan fingerprint density at radius 2 is 1.33 bits per heavy atom. The van der Waals surface area contributed by atoms with Crippen molar-refractivity contribution < 1.29 is 49.1 Å². The standard InChI is InChI=1S/C36H56O10/c1-23(15-25(3)17-27(5)19-33(39)40)11-7-9-13-31(29(21-37)35(42)43)45-34(41)20-28(6)18-26(4)16-24(2)12-8-10-14-32-30(22-38)36(44)46-32/h17-20,23-24,29-32,37-38H,7-16,21-22H2,1-6H3,(H,39,40)(H,42,43)/b25-17+,26-18+,27-19+,28-20+/t23-,24-,29+,30-,31+,32-/m1/s1. The molecule has 0 bridgehead atoms. The van der Waals surface area contributed by atoms with E-state index in [1.54, 1.807) is 13.8 Å². The van der Waals surface area contributed by atoms with Crippen LogP contribution in [-0.4, -0.2) is 69.7 Å². The van der Waals surface area contributed by atoms with Gasteiger partial charge in [-0.1, -0.05) is 62.8 Å². The highest BCUT2D eigenvalue weighted by atomic mass is 16.6. The number of unbranched alkanes of at least 4 members (excludes halogenated alkanes) is 2. The van der Waals surface area contributed by atoms with Crippen LogP contribution < -0.4 is 0 Å². The van der Waals surface area contributed by atoms with E-state index in [4.69, 9.17) is 14.6 Å². The Labute approximate surface area is 274 Å². The SMILES string of the molecule is CC(=C\C(=O)O)/C=C(\C)C[C@H](C)CCCC[C@H](OC(=O)/C=C(C)/C=C(\C)C[C@H](C)CCCC[C@H]1OC(=O)[C@@H]1CO)[C@H](CO)C(=O)O. The molecule has 260 valence electrons. The first-order valence-corrected chi connectivity index (χ1v) is 16.5. The van der Waals surface area contributed by atoms with E-state index in [1.807, 2.05) is 26.0 Å². The summed E-state index contributed by atoms with van der Waals surface area (Å²) in [5, 5.41) is 37.4. The smallest absolute Gasteiger partial charge is 0.331 e. The average molecular weight is 649 g/mol. The molecule has 1 saturated heterocycles. The van der Waals surface area contributed by atoms with Gasteiger partial charge in [-0.05, 0) is 89.2 Å². The number of hydrogen-bond acceptors (Lipinski definition) is 8. The largest absolute Gasteiger partial charge is 0.481 e. The van der Waals surface area contributed by atoms with E-state index in [1.165, 1.54) is 12.2 Å². The lowest BCUT2D eigenvalue weighted by atomic mass is 9.91. The number of carboxylic acids is 2. The van der Waals surface area contributed by atoms with E-state index < -0.39 is 36.5 Å². The van der Waals surface area contributed by atoms with Crippen LogP contribution in [0.15, 0.2) is 46.6 Å². The first-order valence-electron chi connectivity index (χ1n) is 16.5. The van der Waals surface area contributed by atoms with Crippen LogP contribution in [0.3, 0.4) is 0 Å². The van der Waals surface area contributed by atoms with Crippen LogP contribution in [0.2, 0.25) is 0 Å². The van der Waals surface area contributed by atoms with Crippen molar-refractivity contribution in [3.05, 3.63) is 46.6 Å². The fourth-order valence-corrected chi connectivity index (χ4v) is 6.07. The van der Waals surface area contributed by atoms with Crippen molar-refractivity contribution in [1.29, 1.82) is 0 Å². The minimum Gasteiger partial charge on any atom is -0.481 e. The van der Waals surface area contributed by atoms with Crippen molar-refractivity contribution in [2.24, 2.45) is 23.7 Å². The minimum absolute atomic E-state index is 0.164. The van der Waals surface area contributed by atoms with Gasteiger partial charge in [-0.15, -0.1) is 0 Å². The molecular weight excluding hydrogens is 592 g/mol. The molecule has 6 atom stereocenters. The number of carbonyl (C=O) groups is 4. The molecule has 10 heteroatoms. The Kier molecular flexibility index (Phi) is 19.1. The molecule has 1 rings (SSSR count). The predicted octanol–water partition coefficient (Wildman–Crippen LogP) is 6.17. The number of aliphatic hydroxyl groups excluding tert-OH is 2. The van der Waals surface area contributed by atoms with Crippen molar-refractivity contribution in [2.45, 2.75) is 118 Å². The lowest BCUT2D eigenvalue weighted by Crippen LogP contribution is -2.47. The zero-order chi connectivity index (χ0) is 34.8. The van der Waals surface area contributed by atoms with E-state index in [-0.39, 0.29) is 24.6 Å². The number of allylic oxidation sites excluding steroid dienone is 6. The Balaban J connectivity index is 2.59. The summed E-state index contributed by atoms with van der Waals surface area (Å²) in [6.45, 7) is 11.0. The fraction of sp³-hybridized carbons (Fsp3) is 0.667. The molecule has 10 nitrogen and oxygen atoms in total. The first-order chi connectivity index (χ1) is 21.7. The predicted molar refractivity (Wildman–Crippen MR) is 176 cm³/mol. The second kappa shape index (κ2) is 21.5. The number of rotatable bonds is 23. The Bertz CT molecular complexity index is 1130. The van der Waals surface area contributed by atoms with Gasteiger partial charge in [-0.3, -0.25) is 9.59 Å². The molecule has 0 saturated carbocycles. The third-order valence-electron chi connectivity index (χ3n) is 8.30.